The third kappa shape index (κ3) is 5.81. The molecular weight excluding hydrogens is 353 g/mol. The average Bonchev–Trinajstić information content (AvgIpc) is 2.49. The SMILES string of the molecule is CC(CNC(=O)CNS(=O)(=O)c1cccc(C(F)(F)F)c1)C(=O)O. The van der Waals surface area contributed by atoms with Gasteiger partial charge in [-0.2, -0.15) is 13.2 Å². The number of benzene rings is 1. The topological polar surface area (TPSA) is 113 Å². The summed E-state index contributed by atoms with van der Waals surface area (Å²) in [4.78, 5) is 21.4. The monoisotopic (exact) mass is 368 g/mol. The van der Waals surface area contributed by atoms with Crippen molar-refractivity contribution in [3.05, 3.63) is 29.8 Å². The first-order chi connectivity index (χ1) is 10.9. The lowest BCUT2D eigenvalue weighted by molar-refractivity contribution is -0.141. The number of carboxylic acid groups (broad SMARTS) is 1. The summed E-state index contributed by atoms with van der Waals surface area (Å²) in [5.41, 5.74) is -1.13. The molecule has 1 unspecified atom stereocenters. The molecule has 0 saturated carbocycles. The van der Waals surface area contributed by atoms with Crippen LogP contribution < -0.4 is 10.0 Å². The van der Waals surface area contributed by atoms with Gasteiger partial charge in [0.25, 0.3) is 0 Å². The van der Waals surface area contributed by atoms with Gasteiger partial charge in [0.05, 0.1) is 22.9 Å². The number of amides is 1. The predicted octanol–water partition coefficient (Wildman–Crippen LogP) is 0.821. The summed E-state index contributed by atoms with van der Waals surface area (Å²) in [6, 6.07) is 3.07. The number of alkyl halides is 3. The summed E-state index contributed by atoms with van der Waals surface area (Å²) in [5, 5.41) is 10.8. The van der Waals surface area contributed by atoms with Crippen LogP contribution >= 0.6 is 0 Å². The Balaban J connectivity index is 2.71. The molecule has 0 spiro atoms. The van der Waals surface area contributed by atoms with Crippen molar-refractivity contribution in [3.8, 4) is 0 Å². The van der Waals surface area contributed by atoms with Gasteiger partial charge in [0, 0.05) is 6.54 Å². The Kier molecular flexibility index (Phi) is 6.32. The zero-order chi connectivity index (χ0) is 18.5. The molecule has 0 fully saturated rings. The molecule has 7 nitrogen and oxygen atoms in total. The Bertz CT molecular complexity index is 719. The van der Waals surface area contributed by atoms with Crippen LogP contribution in [0, 0.1) is 5.92 Å². The highest BCUT2D eigenvalue weighted by atomic mass is 32.2. The molecule has 1 atom stereocenters. The highest BCUT2D eigenvalue weighted by Crippen LogP contribution is 2.30. The Morgan fingerprint density at radius 1 is 1.29 bits per heavy atom. The van der Waals surface area contributed by atoms with Crippen LogP contribution in [0.1, 0.15) is 12.5 Å². The van der Waals surface area contributed by atoms with Crippen LogP contribution in [0.2, 0.25) is 0 Å². The van der Waals surface area contributed by atoms with Crippen molar-refractivity contribution in [1.82, 2.24) is 10.0 Å². The Hall–Kier alpha value is -2.14. The summed E-state index contributed by atoms with van der Waals surface area (Å²) in [5.74, 6) is -2.81. The molecule has 0 bridgehead atoms. The smallest absolute Gasteiger partial charge is 0.416 e. The van der Waals surface area contributed by atoms with Gasteiger partial charge < -0.3 is 10.4 Å². The number of sulfonamides is 1. The maximum atomic E-state index is 12.6. The van der Waals surface area contributed by atoms with E-state index >= 15 is 0 Å². The number of carboxylic acids is 1. The summed E-state index contributed by atoms with van der Waals surface area (Å²) in [6.07, 6.45) is -4.70. The first kappa shape index (κ1) is 19.9. The van der Waals surface area contributed by atoms with E-state index in [1.165, 1.54) is 6.92 Å². The maximum absolute atomic E-state index is 12.6. The molecule has 1 amide bonds. The van der Waals surface area contributed by atoms with Gasteiger partial charge in [-0.05, 0) is 18.2 Å². The molecule has 0 aliphatic carbocycles. The fraction of sp³-hybridized carbons (Fsp3) is 0.385. The molecule has 0 aliphatic rings. The van der Waals surface area contributed by atoms with Crippen molar-refractivity contribution in [2.45, 2.75) is 18.0 Å². The van der Waals surface area contributed by atoms with Crippen LogP contribution in [0.4, 0.5) is 13.2 Å². The van der Waals surface area contributed by atoms with Gasteiger partial charge in [0.1, 0.15) is 0 Å². The molecule has 1 aromatic carbocycles. The van der Waals surface area contributed by atoms with E-state index in [1.807, 2.05) is 4.72 Å². The molecule has 134 valence electrons. The van der Waals surface area contributed by atoms with Gasteiger partial charge in [0.2, 0.25) is 15.9 Å². The highest BCUT2D eigenvalue weighted by Gasteiger charge is 2.31. The van der Waals surface area contributed by atoms with Gasteiger partial charge in [0.15, 0.2) is 0 Å². The summed E-state index contributed by atoms with van der Waals surface area (Å²) in [7, 11) is -4.32. The Morgan fingerprint density at radius 2 is 1.92 bits per heavy atom. The number of hydrogen-bond acceptors (Lipinski definition) is 4. The number of halogens is 3. The second-order valence-electron chi connectivity index (χ2n) is 4.89. The van der Waals surface area contributed by atoms with E-state index in [-0.39, 0.29) is 6.54 Å². The van der Waals surface area contributed by atoms with E-state index < -0.39 is 51.0 Å². The molecule has 1 aromatic rings. The van der Waals surface area contributed by atoms with E-state index in [4.69, 9.17) is 5.11 Å². The molecule has 3 N–H and O–H groups in total. The minimum absolute atomic E-state index is 0.209. The standard InChI is InChI=1S/C13H15F3N2O5S/c1-8(12(20)21)6-17-11(19)7-18-24(22,23)10-4-2-3-9(5-10)13(14,15)16/h2-5,8,18H,6-7H2,1H3,(H,17,19)(H,20,21). The average molecular weight is 368 g/mol. The summed E-state index contributed by atoms with van der Waals surface area (Å²) in [6.45, 7) is 0.403. The number of nitrogens with one attached hydrogen (secondary N) is 2. The van der Waals surface area contributed by atoms with Crippen molar-refractivity contribution in [1.29, 1.82) is 0 Å². The van der Waals surface area contributed by atoms with E-state index in [0.717, 1.165) is 18.2 Å². The third-order valence-corrected chi connectivity index (χ3v) is 4.32. The Labute approximate surface area is 135 Å². The van der Waals surface area contributed by atoms with E-state index in [1.54, 1.807) is 0 Å². The van der Waals surface area contributed by atoms with Crippen LogP contribution in [0.3, 0.4) is 0 Å². The molecule has 0 saturated heterocycles. The van der Waals surface area contributed by atoms with E-state index in [9.17, 15) is 31.2 Å². The second kappa shape index (κ2) is 7.62. The van der Waals surface area contributed by atoms with E-state index in [2.05, 4.69) is 5.32 Å². The van der Waals surface area contributed by atoms with Gasteiger partial charge in [-0.25, -0.2) is 13.1 Å². The number of carbonyl (C=O) groups excluding carboxylic acids is 1. The second-order valence-corrected chi connectivity index (χ2v) is 6.66. The number of hydrogen-bond donors (Lipinski definition) is 3. The first-order valence-electron chi connectivity index (χ1n) is 6.60. The van der Waals surface area contributed by atoms with Crippen LogP contribution in [-0.2, 0) is 25.8 Å². The van der Waals surface area contributed by atoms with Crippen LogP contribution in [-0.4, -0.2) is 38.5 Å². The number of aliphatic carboxylic acids is 1. The lowest BCUT2D eigenvalue weighted by Crippen LogP contribution is -2.39. The molecule has 11 heteroatoms. The van der Waals surface area contributed by atoms with Gasteiger partial charge in [-0.15, -0.1) is 0 Å². The quantitative estimate of drug-likeness (QED) is 0.660. The van der Waals surface area contributed by atoms with Crippen molar-refractivity contribution < 1.29 is 36.3 Å². The molecule has 0 heterocycles. The lowest BCUT2D eigenvalue weighted by atomic mass is 10.2. The third-order valence-electron chi connectivity index (χ3n) is 2.92. The molecule has 0 aliphatic heterocycles. The fourth-order valence-corrected chi connectivity index (χ4v) is 2.53. The zero-order valence-electron chi connectivity index (χ0n) is 12.4. The lowest BCUT2D eigenvalue weighted by Gasteiger charge is -2.11. The normalized spacial score (nSPS) is 13.3. The highest BCUT2D eigenvalue weighted by molar-refractivity contribution is 7.89. The summed E-state index contributed by atoms with van der Waals surface area (Å²) < 4.78 is 63.4. The maximum Gasteiger partial charge on any atom is 0.416 e. The zero-order valence-corrected chi connectivity index (χ0v) is 13.2. The van der Waals surface area contributed by atoms with Crippen molar-refractivity contribution in [2.75, 3.05) is 13.1 Å². The van der Waals surface area contributed by atoms with Gasteiger partial charge >= 0.3 is 12.1 Å². The van der Waals surface area contributed by atoms with Crippen molar-refractivity contribution >= 4 is 21.9 Å². The predicted molar refractivity (Wildman–Crippen MR) is 76.4 cm³/mol. The molecular formula is C13H15F3N2O5S. The Morgan fingerprint density at radius 3 is 2.46 bits per heavy atom. The first-order valence-corrected chi connectivity index (χ1v) is 8.08. The number of carbonyl (C=O) groups is 2. The largest absolute Gasteiger partial charge is 0.481 e. The van der Waals surface area contributed by atoms with Crippen LogP contribution in [0.5, 0.6) is 0 Å². The van der Waals surface area contributed by atoms with Crippen LogP contribution in [0.15, 0.2) is 29.2 Å². The van der Waals surface area contributed by atoms with Gasteiger partial charge in [-0.1, -0.05) is 13.0 Å². The fourth-order valence-electron chi connectivity index (χ4n) is 1.50. The molecule has 1 rings (SSSR count). The minimum Gasteiger partial charge on any atom is -0.481 e. The molecule has 0 aromatic heterocycles. The van der Waals surface area contributed by atoms with Crippen molar-refractivity contribution in [3.63, 3.8) is 0 Å². The summed E-state index contributed by atoms with van der Waals surface area (Å²) >= 11 is 0. The minimum atomic E-state index is -4.70. The van der Waals surface area contributed by atoms with E-state index in [0.29, 0.717) is 6.07 Å². The molecule has 0 radical (unpaired) electrons. The molecule has 24 heavy (non-hydrogen) atoms. The van der Waals surface area contributed by atoms with Gasteiger partial charge in [-0.3, -0.25) is 9.59 Å². The van der Waals surface area contributed by atoms with Crippen LogP contribution in [0.25, 0.3) is 0 Å². The number of rotatable bonds is 7. The van der Waals surface area contributed by atoms with Crippen molar-refractivity contribution in [2.24, 2.45) is 5.92 Å².